The molecule has 0 radical (unpaired) electrons. The number of carbonyl (C=O) groups is 6. The van der Waals surface area contributed by atoms with Crippen molar-refractivity contribution in [3.8, 4) is 0 Å². The fourth-order valence-corrected chi connectivity index (χ4v) is 6.16. The highest BCUT2D eigenvalue weighted by Gasteiger charge is 2.46. The third kappa shape index (κ3) is 6.82. The number of hydrogen-bond acceptors (Lipinski definition) is 9. The maximum atomic E-state index is 13.4. The minimum absolute atomic E-state index is 0.0775. The topological polar surface area (TPSA) is 149 Å². The minimum atomic E-state index is -0.995. The van der Waals surface area contributed by atoms with Crippen molar-refractivity contribution in [1.82, 2.24) is 25.3 Å². The number of carbonyl (C=O) groups excluding carboxylic acids is 6. The molecule has 0 aliphatic carbocycles. The molecule has 43 heavy (non-hydrogen) atoms. The average molecular weight is 597 g/mol. The molecular weight excluding hydrogens is 556 g/mol. The molecule has 2 N–H and O–H groups in total. The lowest BCUT2D eigenvalue weighted by Crippen LogP contribution is -2.54. The normalized spacial score (nSPS) is 23.0. The lowest BCUT2D eigenvalue weighted by molar-refractivity contribution is -0.136. The number of rotatable bonds is 7. The molecule has 5 rings (SSSR count). The van der Waals surface area contributed by atoms with Crippen LogP contribution in [0.1, 0.15) is 73.6 Å². The maximum Gasteiger partial charge on any atom is 0.407 e. The molecule has 0 bridgehead atoms. The van der Waals surface area contributed by atoms with Crippen molar-refractivity contribution in [1.29, 1.82) is 0 Å². The first-order chi connectivity index (χ1) is 20.4. The molecule has 232 valence electrons. The van der Waals surface area contributed by atoms with Gasteiger partial charge >= 0.3 is 6.09 Å². The van der Waals surface area contributed by atoms with Gasteiger partial charge in [0.2, 0.25) is 17.7 Å². The van der Waals surface area contributed by atoms with Gasteiger partial charge in [-0.25, -0.2) is 4.79 Å². The summed E-state index contributed by atoms with van der Waals surface area (Å²) >= 11 is 0. The number of piperidine rings is 1. The molecule has 3 fully saturated rings. The Morgan fingerprint density at radius 1 is 1.00 bits per heavy atom. The van der Waals surface area contributed by atoms with Gasteiger partial charge < -0.3 is 19.9 Å². The van der Waals surface area contributed by atoms with Crippen LogP contribution in [0.15, 0.2) is 18.2 Å². The summed E-state index contributed by atoms with van der Waals surface area (Å²) in [6.07, 6.45) is 1.58. The molecule has 0 aromatic heterocycles. The van der Waals surface area contributed by atoms with Gasteiger partial charge in [0.15, 0.2) is 0 Å². The number of alkyl carbamates (subject to hydrolysis) is 1. The number of nitrogens with zero attached hydrogens (tertiary/aromatic N) is 4. The number of nitrogens with one attached hydrogen (secondary N) is 2. The van der Waals surface area contributed by atoms with Crippen LogP contribution in [0.4, 0.5) is 10.5 Å². The van der Waals surface area contributed by atoms with Crippen LogP contribution in [-0.2, 0) is 19.1 Å². The van der Waals surface area contributed by atoms with E-state index in [2.05, 4.69) is 20.4 Å². The zero-order chi connectivity index (χ0) is 30.9. The van der Waals surface area contributed by atoms with Gasteiger partial charge in [0.1, 0.15) is 11.6 Å². The quantitative estimate of drug-likeness (QED) is 0.442. The number of anilines is 1. The van der Waals surface area contributed by atoms with E-state index in [4.69, 9.17) is 4.74 Å². The molecule has 2 atom stereocenters. The summed E-state index contributed by atoms with van der Waals surface area (Å²) in [6.45, 7) is 10.1. The van der Waals surface area contributed by atoms with E-state index >= 15 is 0 Å². The number of fused-ring (bicyclic) bond motifs is 1. The Bertz CT molecular complexity index is 1320. The number of likely N-dealkylation sites (tertiary alicyclic amines) is 1. The monoisotopic (exact) mass is 596 g/mol. The number of ether oxygens (including phenoxy) is 1. The summed E-state index contributed by atoms with van der Waals surface area (Å²) in [5, 5.41) is 5.08. The standard InChI is InChI=1S/C30H40N6O7/c1-30(2,3)43-29(42)31-19-11-13-35(18-19)24(38)8-5-12-33-14-16-34(17-15-33)21-7-4-6-20-25(21)28(41)36(27(20)40)22-9-10-23(37)32-26(22)39/h4,6-7,19,22H,5,8-18H2,1-3H3,(H,31,42)(H,32,37,39)/t19-,22?/m0/s1. The van der Waals surface area contributed by atoms with Crippen LogP contribution in [0.25, 0.3) is 0 Å². The van der Waals surface area contributed by atoms with Gasteiger partial charge in [0.05, 0.1) is 22.9 Å². The van der Waals surface area contributed by atoms with Crippen molar-refractivity contribution < 1.29 is 33.5 Å². The lowest BCUT2D eigenvalue weighted by Gasteiger charge is -2.36. The van der Waals surface area contributed by atoms with Crippen molar-refractivity contribution in [3.63, 3.8) is 0 Å². The molecule has 4 heterocycles. The van der Waals surface area contributed by atoms with Gasteiger partial charge in [-0.1, -0.05) is 6.07 Å². The van der Waals surface area contributed by atoms with E-state index < -0.39 is 41.4 Å². The van der Waals surface area contributed by atoms with Crippen molar-refractivity contribution in [2.24, 2.45) is 0 Å². The minimum Gasteiger partial charge on any atom is -0.444 e. The van der Waals surface area contributed by atoms with Gasteiger partial charge in [-0.3, -0.25) is 39.1 Å². The Kier molecular flexibility index (Phi) is 8.72. The molecule has 4 aliphatic rings. The molecule has 1 unspecified atom stereocenters. The lowest BCUT2D eigenvalue weighted by atomic mass is 10.0. The number of imide groups is 2. The van der Waals surface area contributed by atoms with Crippen molar-refractivity contribution in [2.75, 3.05) is 50.7 Å². The molecule has 1 aromatic rings. The fraction of sp³-hybridized carbons (Fsp3) is 0.600. The van der Waals surface area contributed by atoms with E-state index in [0.717, 1.165) is 24.5 Å². The zero-order valence-corrected chi connectivity index (χ0v) is 25.0. The predicted octanol–water partition coefficient (Wildman–Crippen LogP) is 1.12. The summed E-state index contributed by atoms with van der Waals surface area (Å²) in [4.78, 5) is 82.6. The second kappa shape index (κ2) is 12.3. The van der Waals surface area contributed by atoms with E-state index in [9.17, 15) is 28.8 Å². The van der Waals surface area contributed by atoms with Crippen LogP contribution in [0.2, 0.25) is 0 Å². The Hall–Kier alpha value is -4.00. The number of benzene rings is 1. The van der Waals surface area contributed by atoms with Crippen LogP contribution in [0.5, 0.6) is 0 Å². The molecule has 1 aromatic carbocycles. The zero-order valence-electron chi connectivity index (χ0n) is 25.0. The Balaban J connectivity index is 1.08. The van der Waals surface area contributed by atoms with Gasteiger partial charge in [0, 0.05) is 52.1 Å². The van der Waals surface area contributed by atoms with E-state index in [-0.39, 0.29) is 30.4 Å². The summed E-state index contributed by atoms with van der Waals surface area (Å²) in [5.74, 6) is -1.96. The summed E-state index contributed by atoms with van der Waals surface area (Å²) in [7, 11) is 0. The maximum absolute atomic E-state index is 13.4. The van der Waals surface area contributed by atoms with Crippen molar-refractivity contribution in [3.05, 3.63) is 29.3 Å². The predicted molar refractivity (Wildman–Crippen MR) is 155 cm³/mol. The number of piperazine rings is 1. The van der Waals surface area contributed by atoms with Crippen LogP contribution < -0.4 is 15.5 Å². The van der Waals surface area contributed by atoms with Crippen LogP contribution in [0.3, 0.4) is 0 Å². The summed E-state index contributed by atoms with van der Waals surface area (Å²) in [5.41, 5.74) is 0.684. The second-order valence-electron chi connectivity index (χ2n) is 12.6. The van der Waals surface area contributed by atoms with Crippen LogP contribution in [-0.4, -0.2) is 114 Å². The molecule has 13 nitrogen and oxygen atoms in total. The summed E-state index contributed by atoms with van der Waals surface area (Å²) in [6, 6.07) is 4.08. The smallest absolute Gasteiger partial charge is 0.407 e. The van der Waals surface area contributed by atoms with E-state index in [0.29, 0.717) is 56.7 Å². The highest BCUT2D eigenvalue weighted by atomic mass is 16.6. The fourth-order valence-electron chi connectivity index (χ4n) is 6.16. The molecule has 6 amide bonds. The first-order valence-corrected chi connectivity index (χ1v) is 15.0. The third-order valence-electron chi connectivity index (χ3n) is 8.29. The summed E-state index contributed by atoms with van der Waals surface area (Å²) < 4.78 is 5.31. The molecule has 0 saturated carbocycles. The number of hydrogen-bond donors (Lipinski definition) is 2. The Labute approximate surface area is 250 Å². The Morgan fingerprint density at radius 2 is 1.74 bits per heavy atom. The highest BCUT2D eigenvalue weighted by molar-refractivity contribution is 6.25. The first-order valence-electron chi connectivity index (χ1n) is 15.0. The van der Waals surface area contributed by atoms with Crippen LogP contribution in [0, 0.1) is 0 Å². The molecular formula is C30H40N6O7. The van der Waals surface area contributed by atoms with Gasteiger partial charge in [-0.05, 0) is 58.7 Å². The SMILES string of the molecule is CC(C)(C)OC(=O)N[C@H]1CCN(C(=O)CCCN2CCN(c3cccc4c3C(=O)N(C3CCC(=O)NC3=O)C4=O)CC2)C1. The van der Waals surface area contributed by atoms with Crippen molar-refractivity contribution >= 4 is 41.3 Å². The Morgan fingerprint density at radius 3 is 2.44 bits per heavy atom. The van der Waals surface area contributed by atoms with E-state index in [1.807, 2.05) is 26.8 Å². The highest BCUT2D eigenvalue weighted by Crippen LogP contribution is 2.34. The van der Waals surface area contributed by atoms with E-state index in [1.54, 1.807) is 17.0 Å². The molecule has 0 spiro atoms. The number of amides is 6. The van der Waals surface area contributed by atoms with Crippen molar-refractivity contribution in [2.45, 2.75) is 70.6 Å². The molecule has 4 aliphatic heterocycles. The first kappa shape index (κ1) is 30.5. The largest absolute Gasteiger partial charge is 0.444 e. The van der Waals surface area contributed by atoms with E-state index in [1.165, 1.54) is 0 Å². The molecule has 13 heteroatoms. The van der Waals surface area contributed by atoms with Crippen LogP contribution >= 0.6 is 0 Å². The third-order valence-corrected chi connectivity index (χ3v) is 8.29. The average Bonchev–Trinajstić information content (AvgIpc) is 3.50. The van der Waals surface area contributed by atoms with Gasteiger partial charge in [0.25, 0.3) is 11.8 Å². The second-order valence-corrected chi connectivity index (χ2v) is 12.6. The molecule has 3 saturated heterocycles. The van der Waals surface area contributed by atoms with Gasteiger partial charge in [-0.15, -0.1) is 0 Å². The van der Waals surface area contributed by atoms with Gasteiger partial charge in [-0.2, -0.15) is 0 Å².